The van der Waals surface area contributed by atoms with Gasteiger partial charge in [-0.15, -0.1) is 0 Å². The Labute approximate surface area is 119 Å². The van der Waals surface area contributed by atoms with Crippen LogP contribution in [0.3, 0.4) is 0 Å². The van der Waals surface area contributed by atoms with Gasteiger partial charge >= 0.3 is 5.97 Å². The van der Waals surface area contributed by atoms with Crippen LogP contribution < -0.4 is 0 Å². The standard InChI is InChI=1S/C16H11BrO2/c17-12-8-6-11(7-9-12)14-13(15(14)16(18)19)10-4-2-1-3-5-10/h1-9,15H,(H,18,19). The van der Waals surface area contributed by atoms with E-state index in [9.17, 15) is 9.90 Å². The molecular formula is C16H11BrO2. The zero-order chi connectivity index (χ0) is 13.4. The third-order valence-electron chi connectivity index (χ3n) is 3.27. The molecule has 0 spiro atoms. The highest BCUT2D eigenvalue weighted by molar-refractivity contribution is 9.10. The van der Waals surface area contributed by atoms with Crippen LogP contribution in [-0.4, -0.2) is 11.1 Å². The number of hydrogen-bond acceptors (Lipinski definition) is 1. The zero-order valence-corrected chi connectivity index (χ0v) is 11.6. The highest BCUT2D eigenvalue weighted by Crippen LogP contribution is 2.53. The average Bonchev–Trinajstić information content (AvgIpc) is 3.16. The number of rotatable bonds is 3. The number of carbonyl (C=O) groups is 1. The third kappa shape index (κ3) is 2.22. The van der Waals surface area contributed by atoms with E-state index in [1.807, 2.05) is 54.6 Å². The second-order valence-electron chi connectivity index (χ2n) is 4.47. The maximum absolute atomic E-state index is 11.3. The van der Waals surface area contributed by atoms with Crippen molar-refractivity contribution in [2.75, 3.05) is 0 Å². The van der Waals surface area contributed by atoms with Crippen LogP contribution in [0.2, 0.25) is 0 Å². The average molecular weight is 315 g/mol. The lowest BCUT2D eigenvalue weighted by molar-refractivity contribution is -0.137. The molecule has 3 rings (SSSR count). The Hall–Kier alpha value is -1.87. The van der Waals surface area contributed by atoms with Gasteiger partial charge < -0.3 is 5.11 Å². The lowest BCUT2D eigenvalue weighted by atomic mass is 10.1. The van der Waals surface area contributed by atoms with Gasteiger partial charge in [-0.1, -0.05) is 58.4 Å². The van der Waals surface area contributed by atoms with Crippen molar-refractivity contribution in [2.45, 2.75) is 0 Å². The fourth-order valence-electron chi connectivity index (χ4n) is 2.36. The molecule has 1 N–H and O–H groups in total. The van der Waals surface area contributed by atoms with Gasteiger partial charge in [-0.25, -0.2) is 0 Å². The molecule has 2 nitrogen and oxygen atoms in total. The first kappa shape index (κ1) is 12.2. The fourth-order valence-corrected chi connectivity index (χ4v) is 2.62. The summed E-state index contributed by atoms with van der Waals surface area (Å²) in [4.78, 5) is 11.3. The van der Waals surface area contributed by atoms with Gasteiger partial charge in [0.2, 0.25) is 0 Å². The number of aliphatic carboxylic acids is 1. The molecule has 94 valence electrons. The zero-order valence-electron chi connectivity index (χ0n) is 10.0. The molecule has 0 aromatic heterocycles. The minimum absolute atomic E-state index is 0.469. The molecule has 0 heterocycles. The van der Waals surface area contributed by atoms with E-state index in [1.54, 1.807) is 0 Å². The van der Waals surface area contributed by atoms with Crippen molar-refractivity contribution >= 4 is 33.0 Å². The predicted octanol–water partition coefficient (Wildman–Crippen LogP) is 4.07. The van der Waals surface area contributed by atoms with Gasteiger partial charge in [0, 0.05) is 4.47 Å². The number of halogens is 1. The second-order valence-corrected chi connectivity index (χ2v) is 5.39. The number of carboxylic acid groups (broad SMARTS) is 1. The van der Waals surface area contributed by atoms with Crippen molar-refractivity contribution in [3.05, 3.63) is 70.2 Å². The Morgan fingerprint density at radius 1 is 0.895 bits per heavy atom. The largest absolute Gasteiger partial charge is 0.481 e. The number of benzene rings is 2. The van der Waals surface area contributed by atoms with Crippen molar-refractivity contribution in [1.82, 2.24) is 0 Å². The first-order chi connectivity index (χ1) is 9.18. The summed E-state index contributed by atoms with van der Waals surface area (Å²) in [6.45, 7) is 0. The molecule has 1 unspecified atom stereocenters. The lowest BCUT2D eigenvalue weighted by Crippen LogP contribution is -2.01. The molecule has 0 saturated heterocycles. The molecule has 0 saturated carbocycles. The van der Waals surface area contributed by atoms with Crippen LogP contribution in [0.5, 0.6) is 0 Å². The second kappa shape index (κ2) is 4.67. The van der Waals surface area contributed by atoms with Crippen molar-refractivity contribution in [3.63, 3.8) is 0 Å². The van der Waals surface area contributed by atoms with Gasteiger partial charge in [0.05, 0.1) is 0 Å². The highest BCUT2D eigenvalue weighted by atomic mass is 79.9. The van der Waals surface area contributed by atoms with E-state index in [0.29, 0.717) is 0 Å². The molecule has 3 heteroatoms. The van der Waals surface area contributed by atoms with Crippen LogP contribution in [0.4, 0.5) is 0 Å². The van der Waals surface area contributed by atoms with Crippen LogP contribution in [0.25, 0.3) is 11.1 Å². The first-order valence-electron chi connectivity index (χ1n) is 5.96. The highest BCUT2D eigenvalue weighted by Gasteiger charge is 2.43. The van der Waals surface area contributed by atoms with E-state index in [0.717, 1.165) is 26.7 Å². The van der Waals surface area contributed by atoms with E-state index >= 15 is 0 Å². The normalized spacial score (nSPS) is 17.4. The van der Waals surface area contributed by atoms with Crippen LogP contribution >= 0.6 is 15.9 Å². The monoisotopic (exact) mass is 314 g/mol. The van der Waals surface area contributed by atoms with Crippen molar-refractivity contribution < 1.29 is 9.90 Å². The van der Waals surface area contributed by atoms with Crippen molar-refractivity contribution in [3.8, 4) is 0 Å². The number of hydrogen-bond donors (Lipinski definition) is 1. The minimum atomic E-state index is -0.781. The summed E-state index contributed by atoms with van der Waals surface area (Å²) in [7, 11) is 0. The summed E-state index contributed by atoms with van der Waals surface area (Å²) in [5.74, 6) is -1.25. The Bertz CT molecular complexity index is 657. The fraction of sp³-hybridized carbons (Fsp3) is 0.0625. The Morgan fingerprint density at radius 3 is 1.95 bits per heavy atom. The molecule has 2 aromatic carbocycles. The Balaban J connectivity index is 2.04. The first-order valence-corrected chi connectivity index (χ1v) is 6.76. The van der Waals surface area contributed by atoms with E-state index < -0.39 is 11.9 Å². The molecule has 0 amide bonds. The van der Waals surface area contributed by atoms with Crippen molar-refractivity contribution in [2.24, 2.45) is 5.92 Å². The van der Waals surface area contributed by atoms with E-state index in [-0.39, 0.29) is 0 Å². The topological polar surface area (TPSA) is 37.3 Å². The molecule has 0 bridgehead atoms. The van der Waals surface area contributed by atoms with Gasteiger partial charge in [-0.2, -0.15) is 0 Å². The van der Waals surface area contributed by atoms with E-state index in [4.69, 9.17) is 0 Å². The van der Waals surface area contributed by atoms with Crippen molar-refractivity contribution in [1.29, 1.82) is 0 Å². The van der Waals surface area contributed by atoms with Gasteiger partial charge in [0.1, 0.15) is 5.92 Å². The van der Waals surface area contributed by atoms with Gasteiger partial charge in [0.15, 0.2) is 0 Å². The Kier molecular flexibility index (Phi) is 2.99. The maximum Gasteiger partial charge on any atom is 0.315 e. The smallest absolute Gasteiger partial charge is 0.315 e. The summed E-state index contributed by atoms with van der Waals surface area (Å²) < 4.78 is 0.991. The summed E-state index contributed by atoms with van der Waals surface area (Å²) in [6, 6.07) is 17.5. The van der Waals surface area contributed by atoms with Crippen LogP contribution in [0.15, 0.2) is 59.1 Å². The number of carboxylic acids is 1. The molecular weight excluding hydrogens is 304 g/mol. The maximum atomic E-state index is 11.3. The van der Waals surface area contributed by atoms with Gasteiger partial charge in [-0.3, -0.25) is 4.79 Å². The molecule has 2 aromatic rings. The van der Waals surface area contributed by atoms with Gasteiger partial charge in [-0.05, 0) is 34.4 Å². The SMILES string of the molecule is O=C(O)C1C(c2ccccc2)=C1c1ccc(Br)cc1. The molecule has 0 fully saturated rings. The van der Waals surface area contributed by atoms with Crippen LogP contribution in [-0.2, 0) is 4.79 Å². The summed E-state index contributed by atoms with van der Waals surface area (Å²) >= 11 is 3.39. The predicted molar refractivity (Wildman–Crippen MR) is 78.5 cm³/mol. The summed E-state index contributed by atoms with van der Waals surface area (Å²) in [5.41, 5.74) is 3.82. The summed E-state index contributed by atoms with van der Waals surface area (Å²) in [5, 5.41) is 9.32. The third-order valence-corrected chi connectivity index (χ3v) is 3.80. The quantitative estimate of drug-likeness (QED) is 0.927. The van der Waals surface area contributed by atoms with Crippen LogP contribution in [0, 0.1) is 5.92 Å². The molecule has 1 aliphatic rings. The molecule has 0 aliphatic heterocycles. The lowest BCUT2D eigenvalue weighted by Gasteiger charge is -1.96. The minimum Gasteiger partial charge on any atom is -0.481 e. The van der Waals surface area contributed by atoms with Crippen LogP contribution in [0.1, 0.15) is 11.1 Å². The molecule has 19 heavy (non-hydrogen) atoms. The molecule has 0 radical (unpaired) electrons. The Morgan fingerprint density at radius 2 is 1.42 bits per heavy atom. The van der Waals surface area contributed by atoms with E-state index in [1.165, 1.54) is 0 Å². The molecule has 1 atom stereocenters. The summed E-state index contributed by atoms with van der Waals surface area (Å²) in [6.07, 6.45) is 0. The van der Waals surface area contributed by atoms with Gasteiger partial charge in [0.25, 0.3) is 0 Å². The van der Waals surface area contributed by atoms with E-state index in [2.05, 4.69) is 15.9 Å². The molecule has 1 aliphatic carbocycles.